The Hall–Kier alpha value is -0.370. The van der Waals surface area contributed by atoms with Gasteiger partial charge in [-0.3, -0.25) is 0 Å². The van der Waals surface area contributed by atoms with Crippen LogP contribution in [0.3, 0.4) is 0 Å². The Kier molecular flexibility index (Phi) is 3.44. The largest absolute Gasteiger partial charge is 0.311 e. The van der Waals surface area contributed by atoms with Crippen LogP contribution in [0.1, 0.15) is 13.8 Å². The van der Waals surface area contributed by atoms with Crippen molar-refractivity contribution in [2.45, 2.75) is 19.9 Å². The molecule has 1 unspecified atom stereocenters. The van der Waals surface area contributed by atoms with Gasteiger partial charge in [-0.05, 0) is 13.0 Å². The van der Waals surface area contributed by atoms with Crippen molar-refractivity contribution in [3.63, 3.8) is 0 Å². The maximum absolute atomic E-state index is 10.1. The van der Waals surface area contributed by atoms with E-state index in [1.807, 2.05) is 13.8 Å². The molecular weight excluding hydrogens is 102 g/mol. The number of rotatable bonds is 3. The molecule has 0 bridgehead atoms. The second-order valence-electron chi connectivity index (χ2n) is 2.19. The van der Waals surface area contributed by atoms with Crippen molar-refractivity contribution in [1.82, 2.24) is 5.32 Å². The van der Waals surface area contributed by atoms with Crippen molar-refractivity contribution in [3.05, 3.63) is 0 Å². The van der Waals surface area contributed by atoms with Crippen LogP contribution in [0.2, 0.25) is 0 Å². The summed E-state index contributed by atoms with van der Waals surface area (Å²) in [4.78, 5) is 10.1. The van der Waals surface area contributed by atoms with Gasteiger partial charge in [0, 0.05) is 0 Å². The number of nitrogens with one attached hydrogen (secondary N) is 1. The van der Waals surface area contributed by atoms with Crippen LogP contribution in [0.5, 0.6) is 0 Å². The molecular formula is C6H13NO. The molecule has 2 heteroatoms. The summed E-state index contributed by atoms with van der Waals surface area (Å²) in [5.41, 5.74) is 0. The van der Waals surface area contributed by atoms with Crippen molar-refractivity contribution < 1.29 is 4.79 Å². The minimum atomic E-state index is 0.0231. The average molecular weight is 115 g/mol. The lowest BCUT2D eigenvalue weighted by Crippen LogP contribution is -2.31. The fourth-order valence-corrected chi connectivity index (χ4v) is 0.559. The minimum Gasteiger partial charge on any atom is -0.311 e. The first-order chi connectivity index (χ1) is 3.72. The fraction of sp³-hybridized carbons (Fsp3) is 0.833. The number of hydrogen-bond acceptors (Lipinski definition) is 2. The van der Waals surface area contributed by atoms with Gasteiger partial charge in [-0.25, -0.2) is 0 Å². The van der Waals surface area contributed by atoms with Crippen LogP contribution < -0.4 is 5.32 Å². The zero-order valence-electron chi connectivity index (χ0n) is 5.64. The zero-order chi connectivity index (χ0) is 6.57. The Labute approximate surface area is 50.3 Å². The molecule has 0 amide bonds. The fourth-order valence-electron chi connectivity index (χ4n) is 0.559. The average Bonchev–Trinajstić information content (AvgIpc) is 1.69. The maximum Gasteiger partial charge on any atom is 0.137 e. The standard InChI is InChI=1S/C6H13NO/c1-5(2)6(4-8)7-3/h4-7H,1-3H3. The van der Waals surface area contributed by atoms with Crippen LogP contribution in [-0.2, 0) is 4.79 Å². The van der Waals surface area contributed by atoms with Gasteiger partial charge in [-0.2, -0.15) is 0 Å². The van der Waals surface area contributed by atoms with Crippen molar-refractivity contribution in [3.8, 4) is 0 Å². The van der Waals surface area contributed by atoms with Crippen molar-refractivity contribution in [1.29, 1.82) is 0 Å². The molecule has 0 aromatic heterocycles. The van der Waals surface area contributed by atoms with E-state index in [1.54, 1.807) is 7.05 Å². The second kappa shape index (κ2) is 3.61. The van der Waals surface area contributed by atoms with Crippen LogP contribution >= 0.6 is 0 Å². The molecule has 0 fully saturated rings. The monoisotopic (exact) mass is 115 g/mol. The van der Waals surface area contributed by atoms with Gasteiger partial charge in [0.1, 0.15) is 6.29 Å². The molecule has 0 heterocycles. The van der Waals surface area contributed by atoms with E-state index in [9.17, 15) is 4.79 Å². The van der Waals surface area contributed by atoms with Crippen molar-refractivity contribution in [2.24, 2.45) is 5.92 Å². The van der Waals surface area contributed by atoms with Crippen LogP contribution in [-0.4, -0.2) is 19.4 Å². The molecule has 1 atom stereocenters. The molecule has 2 nitrogen and oxygen atoms in total. The highest BCUT2D eigenvalue weighted by Crippen LogP contribution is 1.95. The lowest BCUT2D eigenvalue weighted by Gasteiger charge is -2.11. The van der Waals surface area contributed by atoms with Gasteiger partial charge in [0.25, 0.3) is 0 Å². The topological polar surface area (TPSA) is 29.1 Å². The van der Waals surface area contributed by atoms with E-state index < -0.39 is 0 Å². The van der Waals surface area contributed by atoms with E-state index in [-0.39, 0.29) is 6.04 Å². The summed E-state index contributed by atoms with van der Waals surface area (Å²) in [5.74, 6) is 0.400. The summed E-state index contributed by atoms with van der Waals surface area (Å²) < 4.78 is 0. The predicted molar refractivity (Wildman–Crippen MR) is 33.7 cm³/mol. The Morgan fingerprint density at radius 1 is 1.50 bits per heavy atom. The van der Waals surface area contributed by atoms with Crippen molar-refractivity contribution >= 4 is 6.29 Å². The molecule has 0 saturated heterocycles. The number of hydrogen-bond donors (Lipinski definition) is 1. The molecule has 8 heavy (non-hydrogen) atoms. The normalized spacial score (nSPS) is 14.0. The van der Waals surface area contributed by atoms with Gasteiger partial charge >= 0.3 is 0 Å². The van der Waals surface area contributed by atoms with E-state index in [2.05, 4.69) is 5.32 Å². The Bertz CT molecular complexity index is 70.9. The van der Waals surface area contributed by atoms with Crippen molar-refractivity contribution in [2.75, 3.05) is 7.05 Å². The smallest absolute Gasteiger partial charge is 0.137 e. The summed E-state index contributed by atoms with van der Waals surface area (Å²) in [7, 11) is 1.79. The molecule has 0 spiro atoms. The maximum atomic E-state index is 10.1. The van der Waals surface area contributed by atoms with Crippen LogP contribution in [0.4, 0.5) is 0 Å². The molecule has 0 rings (SSSR count). The third-order valence-corrected chi connectivity index (χ3v) is 1.20. The van der Waals surface area contributed by atoms with Gasteiger partial charge in [-0.15, -0.1) is 0 Å². The molecule has 1 N–H and O–H groups in total. The number of carbonyl (C=O) groups is 1. The molecule has 0 aromatic rings. The molecule has 0 aliphatic rings. The minimum absolute atomic E-state index is 0.0231. The van der Waals surface area contributed by atoms with E-state index >= 15 is 0 Å². The summed E-state index contributed by atoms with van der Waals surface area (Å²) >= 11 is 0. The summed E-state index contributed by atoms with van der Waals surface area (Å²) in [5, 5.41) is 2.88. The van der Waals surface area contributed by atoms with Crippen LogP contribution in [0, 0.1) is 5.92 Å². The highest BCUT2D eigenvalue weighted by Gasteiger charge is 2.06. The molecule has 0 aliphatic heterocycles. The first kappa shape index (κ1) is 7.63. The SMILES string of the molecule is CNC(C=O)C(C)C. The van der Waals surface area contributed by atoms with E-state index in [0.29, 0.717) is 5.92 Å². The lowest BCUT2D eigenvalue weighted by molar-refractivity contribution is -0.110. The Balaban J connectivity index is 3.51. The van der Waals surface area contributed by atoms with Gasteiger partial charge in [0.15, 0.2) is 0 Å². The third kappa shape index (κ3) is 2.07. The number of aldehydes is 1. The Morgan fingerprint density at radius 3 is 2.00 bits per heavy atom. The lowest BCUT2D eigenvalue weighted by atomic mass is 10.1. The zero-order valence-corrected chi connectivity index (χ0v) is 5.64. The van der Waals surface area contributed by atoms with E-state index in [1.165, 1.54) is 0 Å². The Morgan fingerprint density at radius 2 is 2.00 bits per heavy atom. The molecule has 0 aliphatic carbocycles. The first-order valence-electron chi connectivity index (χ1n) is 2.85. The highest BCUT2D eigenvalue weighted by atomic mass is 16.1. The molecule has 48 valence electrons. The summed E-state index contributed by atoms with van der Waals surface area (Å²) in [6, 6.07) is 0.0231. The first-order valence-corrected chi connectivity index (χ1v) is 2.85. The summed E-state index contributed by atoms with van der Waals surface area (Å²) in [6.07, 6.45) is 0.935. The summed E-state index contributed by atoms with van der Waals surface area (Å²) in [6.45, 7) is 4.02. The quantitative estimate of drug-likeness (QED) is 0.540. The van der Waals surface area contributed by atoms with E-state index in [4.69, 9.17) is 0 Å². The molecule has 0 radical (unpaired) electrons. The molecule has 0 saturated carbocycles. The third-order valence-electron chi connectivity index (χ3n) is 1.20. The van der Waals surface area contributed by atoms with Gasteiger partial charge in [0.05, 0.1) is 6.04 Å². The van der Waals surface area contributed by atoms with Crippen LogP contribution in [0.25, 0.3) is 0 Å². The van der Waals surface area contributed by atoms with Crippen LogP contribution in [0.15, 0.2) is 0 Å². The second-order valence-corrected chi connectivity index (χ2v) is 2.19. The predicted octanol–water partition coefficient (Wildman–Crippen LogP) is 0.429. The molecule has 0 aromatic carbocycles. The van der Waals surface area contributed by atoms with Gasteiger partial charge < -0.3 is 10.1 Å². The highest BCUT2D eigenvalue weighted by molar-refractivity contribution is 5.57. The van der Waals surface area contributed by atoms with Gasteiger partial charge in [0.2, 0.25) is 0 Å². The van der Waals surface area contributed by atoms with Gasteiger partial charge in [-0.1, -0.05) is 13.8 Å². The van der Waals surface area contributed by atoms with E-state index in [0.717, 1.165) is 6.29 Å². The number of likely N-dealkylation sites (N-methyl/N-ethyl adjacent to an activating group) is 1. The number of carbonyl (C=O) groups excluding carboxylic acids is 1.